The largest absolute Gasteiger partial charge is 0.227 e. The van der Waals surface area contributed by atoms with E-state index in [1.165, 1.54) is 17.7 Å². The first-order valence-corrected chi connectivity index (χ1v) is 8.64. The lowest BCUT2D eigenvalue weighted by Crippen LogP contribution is -2.06. The number of aromatic nitrogens is 2. The van der Waals surface area contributed by atoms with E-state index in [1.54, 1.807) is 23.9 Å². The Labute approximate surface area is 144 Å². The molecule has 120 valence electrons. The van der Waals surface area contributed by atoms with Crippen LogP contribution in [0.4, 0.5) is 10.2 Å². The molecular weight excluding hydrogens is 321 g/mol. The van der Waals surface area contributed by atoms with Gasteiger partial charge in [0.2, 0.25) is 0 Å². The first kappa shape index (κ1) is 15.1. The summed E-state index contributed by atoms with van der Waals surface area (Å²) in [6, 6.07) is 16.7. The monoisotopic (exact) mass is 337 g/mol. The van der Waals surface area contributed by atoms with Gasteiger partial charge in [-0.2, -0.15) is 5.10 Å². The van der Waals surface area contributed by atoms with Crippen LogP contribution >= 0.6 is 11.8 Å². The molecule has 4 rings (SSSR count). The first-order valence-electron chi connectivity index (χ1n) is 7.76. The van der Waals surface area contributed by atoms with Crippen LogP contribution in [0.2, 0.25) is 0 Å². The molecule has 3 nitrogen and oxygen atoms in total. The number of thioether (sulfide) groups is 1. The molecule has 1 aromatic heterocycles. The fourth-order valence-corrected chi connectivity index (χ4v) is 4.14. The number of aliphatic imine (C=N–C) groups is 1. The highest BCUT2D eigenvalue weighted by molar-refractivity contribution is 8.14. The van der Waals surface area contributed by atoms with Gasteiger partial charge in [0.1, 0.15) is 5.82 Å². The number of hydrogen-bond donors (Lipinski definition) is 0. The molecule has 24 heavy (non-hydrogen) atoms. The highest BCUT2D eigenvalue weighted by Crippen LogP contribution is 2.47. The van der Waals surface area contributed by atoms with Crippen molar-refractivity contribution in [3.05, 3.63) is 77.2 Å². The summed E-state index contributed by atoms with van der Waals surface area (Å²) < 4.78 is 15.0. The fraction of sp³-hybridized carbons (Fsp3) is 0.158. The standard InChI is InChI=1S/C19H16FN3S/c1-12-17-18(14-6-4-3-5-7-14)24-13(2)21-19(17)23(22-12)16-10-8-15(20)9-11-16/h3-11,18H,1-2H3. The van der Waals surface area contributed by atoms with Crippen molar-refractivity contribution in [1.29, 1.82) is 0 Å². The van der Waals surface area contributed by atoms with Gasteiger partial charge in [-0.15, -0.1) is 0 Å². The Balaban J connectivity index is 1.89. The molecule has 2 heterocycles. The Morgan fingerprint density at radius 3 is 2.42 bits per heavy atom. The maximum absolute atomic E-state index is 13.2. The molecule has 1 aliphatic rings. The van der Waals surface area contributed by atoms with Crippen molar-refractivity contribution >= 4 is 22.6 Å². The summed E-state index contributed by atoms with van der Waals surface area (Å²) in [5.74, 6) is 0.582. The molecule has 0 saturated heterocycles. The molecular formula is C19H16FN3S. The van der Waals surface area contributed by atoms with E-state index < -0.39 is 0 Å². The molecule has 0 amide bonds. The zero-order valence-electron chi connectivity index (χ0n) is 13.4. The van der Waals surface area contributed by atoms with Crippen molar-refractivity contribution in [1.82, 2.24) is 9.78 Å². The average Bonchev–Trinajstić information content (AvgIpc) is 2.92. The fourth-order valence-electron chi connectivity index (χ4n) is 2.97. The number of benzene rings is 2. The lowest BCUT2D eigenvalue weighted by atomic mass is 10.0. The third-order valence-electron chi connectivity index (χ3n) is 4.07. The van der Waals surface area contributed by atoms with Crippen LogP contribution in [0.25, 0.3) is 5.69 Å². The van der Waals surface area contributed by atoms with Crippen molar-refractivity contribution in [2.24, 2.45) is 4.99 Å². The maximum atomic E-state index is 13.2. The van der Waals surface area contributed by atoms with Crippen LogP contribution in [-0.2, 0) is 0 Å². The minimum Gasteiger partial charge on any atom is -0.227 e. The number of halogens is 1. The molecule has 0 bridgehead atoms. The summed E-state index contributed by atoms with van der Waals surface area (Å²) >= 11 is 1.74. The van der Waals surface area contributed by atoms with Gasteiger partial charge in [-0.25, -0.2) is 14.1 Å². The highest BCUT2D eigenvalue weighted by atomic mass is 32.2. The molecule has 0 spiro atoms. The van der Waals surface area contributed by atoms with Crippen LogP contribution in [0, 0.1) is 12.7 Å². The average molecular weight is 337 g/mol. The highest BCUT2D eigenvalue weighted by Gasteiger charge is 2.29. The van der Waals surface area contributed by atoms with Crippen molar-refractivity contribution in [3.8, 4) is 5.69 Å². The third kappa shape index (κ3) is 2.55. The molecule has 0 N–H and O–H groups in total. The van der Waals surface area contributed by atoms with E-state index in [-0.39, 0.29) is 11.1 Å². The van der Waals surface area contributed by atoms with Crippen molar-refractivity contribution < 1.29 is 4.39 Å². The summed E-state index contributed by atoms with van der Waals surface area (Å²) in [5, 5.41) is 5.85. The van der Waals surface area contributed by atoms with Gasteiger partial charge in [-0.3, -0.25) is 0 Å². The van der Waals surface area contributed by atoms with Gasteiger partial charge >= 0.3 is 0 Å². The van der Waals surface area contributed by atoms with Gasteiger partial charge < -0.3 is 0 Å². The normalized spacial score (nSPS) is 16.6. The second kappa shape index (κ2) is 5.91. The summed E-state index contributed by atoms with van der Waals surface area (Å²) in [7, 11) is 0. The van der Waals surface area contributed by atoms with Crippen LogP contribution in [0.3, 0.4) is 0 Å². The van der Waals surface area contributed by atoms with Gasteiger partial charge in [-0.1, -0.05) is 42.1 Å². The molecule has 1 unspecified atom stereocenters. The summed E-state index contributed by atoms with van der Waals surface area (Å²) in [4.78, 5) is 4.73. The first-order chi connectivity index (χ1) is 11.6. The van der Waals surface area contributed by atoms with Gasteiger partial charge in [-0.05, 0) is 43.7 Å². The molecule has 0 fully saturated rings. The third-order valence-corrected chi connectivity index (χ3v) is 5.24. The Bertz CT molecular complexity index is 914. The molecule has 1 aliphatic heterocycles. The number of rotatable bonds is 2. The number of nitrogens with zero attached hydrogens (tertiary/aromatic N) is 3. The number of fused-ring (bicyclic) bond motifs is 1. The van der Waals surface area contributed by atoms with E-state index in [4.69, 9.17) is 4.99 Å². The molecule has 0 radical (unpaired) electrons. The topological polar surface area (TPSA) is 30.2 Å². The second-order valence-corrected chi connectivity index (χ2v) is 7.05. The smallest absolute Gasteiger partial charge is 0.161 e. The molecule has 1 atom stereocenters. The van der Waals surface area contributed by atoms with Crippen molar-refractivity contribution in [3.63, 3.8) is 0 Å². The lowest BCUT2D eigenvalue weighted by Gasteiger charge is -2.22. The Morgan fingerprint density at radius 2 is 1.71 bits per heavy atom. The predicted molar refractivity (Wildman–Crippen MR) is 96.9 cm³/mol. The van der Waals surface area contributed by atoms with Gasteiger partial charge in [0, 0.05) is 5.56 Å². The Kier molecular flexibility index (Phi) is 3.73. The van der Waals surface area contributed by atoms with Gasteiger partial charge in [0.15, 0.2) is 5.82 Å². The van der Waals surface area contributed by atoms with Crippen molar-refractivity contribution in [2.45, 2.75) is 19.1 Å². The Morgan fingerprint density at radius 1 is 1.00 bits per heavy atom. The minimum atomic E-state index is -0.256. The predicted octanol–water partition coefficient (Wildman–Crippen LogP) is 5.21. The van der Waals surface area contributed by atoms with Crippen LogP contribution < -0.4 is 0 Å². The van der Waals surface area contributed by atoms with Gasteiger partial charge in [0.05, 0.1) is 21.7 Å². The van der Waals surface area contributed by atoms with E-state index in [0.29, 0.717) is 0 Å². The SMILES string of the molecule is CC1=Nc2c(c(C)nn2-c2ccc(F)cc2)C(c2ccccc2)S1. The quantitative estimate of drug-likeness (QED) is 0.643. The van der Waals surface area contributed by atoms with E-state index in [2.05, 4.69) is 29.4 Å². The summed E-state index contributed by atoms with van der Waals surface area (Å²) in [5.41, 5.74) is 4.13. The van der Waals surface area contributed by atoms with Crippen LogP contribution in [-0.4, -0.2) is 14.8 Å². The van der Waals surface area contributed by atoms with Gasteiger partial charge in [0.25, 0.3) is 0 Å². The lowest BCUT2D eigenvalue weighted by molar-refractivity contribution is 0.627. The molecule has 5 heteroatoms. The Hall–Kier alpha value is -2.40. The van der Waals surface area contributed by atoms with E-state index >= 15 is 0 Å². The second-order valence-electron chi connectivity index (χ2n) is 5.75. The van der Waals surface area contributed by atoms with E-state index in [9.17, 15) is 4.39 Å². The molecule has 2 aromatic carbocycles. The summed E-state index contributed by atoms with van der Waals surface area (Å²) in [6.45, 7) is 4.02. The van der Waals surface area contributed by atoms with Crippen LogP contribution in [0.5, 0.6) is 0 Å². The molecule has 3 aromatic rings. The van der Waals surface area contributed by atoms with Crippen LogP contribution in [0.1, 0.15) is 29.0 Å². The zero-order valence-corrected chi connectivity index (χ0v) is 14.2. The minimum absolute atomic E-state index is 0.174. The van der Waals surface area contributed by atoms with E-state index in [1.807, 2.05) is 24.6 Å². The maximum Gasteiger partial charge on any atom is 0.161 e. The van der Waals surface area contributed by atoms with E-state index in [0.717, 1.165) is 27.8 Å². The zero-order chi connectivity index (χ0) is 16.7. The molecule has 0 aliphatic carbocycles. The summed E-state index contributed by atoms with van der Waals surface area (Å²) in [6.07, 6.45) is 0. The van der Waals surface area contributed by atoms with Crippen LogP contribution in [0.15, 0.2) is 59.6 Å². The number of aryl methyl sites for hydroxylation is 1. The van der Waals surface area contributed by atoms with Crippen molar-refractivity contribution in [2.75, 3.05) is 0 Å². The molecule has 0 saturated carbocycles. The number of hydrogen-bond acceptors (Lipinski definition) is 3.